The van der Waals surface area contributed by atoms with Gasteiger partial charge in [-0.1, -0.05) is 18.2 Å². The van der Waals surface area contributed by atoms with Gasteiger partial charge in [-0.05, 0) is 37.4 Å². The molecule has 0 bridgehead atoms. The van der Waals surface area contributed by atoms with E-state index in [1.165, 1.54) is 18.2 Å². The Hall–Kier alpha value is -2.40. The molecule has 5 heteroatoms. The molecule has 0 fully saturated rings. The van der Waals surface area contributed by atoms with Gasteiger partial charge in [0.15, 0.2) is 0 Å². The first-order valence-corrected chi connectivity index (χ1v) is 6.55. The second-order valence-electron chi connectivity index (χ2n) is 4.86. The van der Waals surface area contributed by atoms with Gasteiger partial charge < -0.3 is 10.4 Å². The average Bonchev–Trinajstić information content (AvgIpc) is 2.44. The number of hydrogen-bond donors (Lipinski definition) is 2. The van der Waals surface area contributed by atoms with E-state index in [1.54, 1.807) is 42.3 Å². The van der Waals surface area contributed by atoms with E-state index in [9.17, 15) is 9.18 Å². The number of phenols is 1. The molecule has 0 unspecified atom stereocenters. The first-order valence-electron chi connectivity index (χ1n) is 6.55. The molecule has 0 spiro atoms. The maximum Gasteiger partial charge on any atom is 0.238 e. The van der Waals surface area contributed by atoms with Crippen LogP contribution < -0.4 is 5.32 Å². The van der Waals surface area contributed by atoms with Crippen molar-refractivity contribution in [1.82, 2.24) is 4.90 Å². The SMILES string of the molecule is CN(CC(=O)Nc1ccc(O)cc1)Cc1ccccc1F. The Labute approximate surface area is 122 Å². The first kappa shape index (κ1) is 15.0. The van der Waals surface area contributed by atoms with Crippen LogP contribution >= 0.6 is 0 Å². The molecule has 0 aliphatic carbocycles. The number of rotatable bonds is 5. The van der Waals surface area contributed by atoms with Crippen LogP contribution in [0.3, 0.4) is 0 Å². The fourth-order valence-corrected chi connectivity index (χ4v) is 1.96. The number of amides is 1. The normalized spacial score (nSPS) is 10.6. The van der Waals surface area contributed by atoms with Crippen molar-refractivity contribution in [2.45, 2.75) is 6.54 Å². The Bertz CT molecular complexity index is 614. The van der Waals surface area contributed by atoms with Crippen molar-refractivity contribution in [1.29, 1.82) is 0 Å². The van der Waals surface area contributed by atoms with Crippen molar-refractivity contribution in [3.05, 3.63) is 59.9 Å². The predicted octanol–water partition coefficient (Wildman–Crippen LogP) is 2.60. The standard InChI is InChI=1S/C16H17FN2O2/c1-19(10-12-4-2-3-5-15(12)17)11-16(21)18-13-6-8-14(20)9-7-13/h2-9,20H,10-11H2,1H3,(H,18,21). The zero-order valence-corrected chi connectivity index (χ0v) is 11.7. The molecule has 2 rings (SSSR count). The maximum absolute atomic E-state index is 13.5. The van der Waals surface area contributed by atoms with E-state index in [0.717, 1.165) is 0 Å². The number of benzene rings is 2. The lowest BCUT2D eigenvalue weighted by Crippen LogP contribution is -2.30. The Kier molecular flexibility index (Phi) is 4.90. The maximum atomic E-state index is 13.5. The van der Waals surface area contributed by atoms with Crippen molar-refractivity contribution < 1.29 is 14.3 Å². The smallest absolute Gasteiger partial charge is 0.238 e. The van der Waals surface area contributed by atoms with Crippen molar-refractivity contribution in [2.75, 3.05) is 18.9 Å². The summed E-state index contributed by atoms with van der Waals surface area (Å²) in [6.07, 6.45) is 0. The van der Waals surface area contributed by atoms with Crippen LogP contribution in [0, 0.1) is 5.82 Å². The lowest BCUT2D eigenvalue weighted by molar-refractivity contribution is -0.117. The molecule has 1 amide bonds. The van der Waals surface area contributed by atoms with Gasteiger partial charge in [-0.3, -0.25) is 9.69 Å². The van der Waals surface area contributed by atoms with Crippen molar-refractivity contribution in [2.24, 2.45) is 0 Å². The van der Waals surface area contributed by atoms with Crippen LogP contribution in [-0.2, 0) is 11.3 Å². The minimum Gasteiger partial charge on any atom is -0.508 e. The average molecular weight is 288 g/mol. The van der Waals surface area contributed by atoms with Crippen molar-refractivity contribution in [3.8, 4) is 5.75 Å². The van der Waals surface area contributed by atoms with Gasteiger partial charge in [-0.25, -0.2) is 4.39 Å². The van der Waals surface area contributed by atoms with E-state index in [4.69, 9.17) is 5.11 Å². The van der Waals surface area contributed by atoms with Crippen LogP contribution in [0.5, 0.6) is 5.75 Å². The predicted molar refractivity (Wildman–Crippen MR) is 79.5 cm³/mol. The number of hydrogen-bond acceptors (Lipinski definition) is 3. The highest BCUT2D eigenvalue weighted by Gasteiger charge is 2.09. The molecular weight excluding hydrogens is 271 g/mol. The van der Waals surface area contributed by atoms with Crippen LogP contribution in [-0.4, -0.2) is 29.5 Å². The molecule has 0 atom stereocenters. The third-order valence-corrected chi connectivity index (χ3v) is 2.96. The Balaban J connectivity index is 1.87. The van der Waals surface area contributed by atoms with Gasteiger partial charge in [0.1, 0.15) is 11.6 Å². The molecule has 0 saturated heterocycles. The molecule has 0 radical (unpaired) electrons. The van der Waals surface area contributed by atoms with Crippen molar-refractivity contribution in [3.63, 3.8) is 0 Å². The second kappa shape index (κ2) is 6.85. The minimum absolute atomic E-state index is 0.143. The summed E-state index contributed by atoms with van der Waals surface area (Å²) in [6, 6.07) is 12.7. The quantitative estimate of drug-likeness (QED) is 0.832. The molecule has 2 aromatic rings. The molecule has 0 aliphatic heterocycles. The molecule has 0 heterocycles. The van der Waals surface area contributed by atoms with Gasteiger partial charge in [-0.2, -0.15) is 0 Å². The molecule has 0 saturated carbocycles. The van der Waals surface area contributed by atoms with E-state index in [-0.39, 0.29) is 24.0 Å². The van der Waals surface area contributed by atoms with Crippen LogP contribution in [0.15, 0.2) is 48.5 Å². The summed E-state index contributed by atoms with van der Waals surface area (Å²) < 4.78 is 13.5. The third kappa shape index (κ3) is 4.57. The fraction of sp³-hybridized carbons (Fsp3) is 0.188. The second-order valence-corrected chi connectivity index (χ2v) is 4.86. The highest BCUT2D eigenvalue weighted by atomic mass is 19.1. The Morgan fingerprint density at radius 2 is 1.86 bits per heavy atom. The number of nitrogens with zero attached hydrogens (tertiary/aromatic N) is 1. The third-order valence-electron chi connectivity index (χ3n) is 2.96. The van der Waals surface area contributed by atoms with E-state index in [0.29, 0.717) is 17.8 Å². The first-order chi connectivity index (χ1) is 10.0. The molecule has 0 aliphatic rings. The topological polar surface area (TPSA) is 52.6 Å². The zero-order chi connectivity index (χ0) is 15.2. The van der Waals surface area contributed by atoms with E-state index in [1.807, 2.05) is 0 Å². The Morgan fingerprint density at radius 1 is 1.19 bits per heavy atom. The number of anilines is 1. The summed E-state index contributed by atoms with van der Waals surface area (Å²) in [5, 5.41) is 11.9. The Morgan fingerprint density at radius 3 is 2.52 bits per heavy atom. The molecule has 0 aromatic heterocycles. The van der Waals surface area contributed by atoms with Crippen molar-refractivity contribution >= 4 is 11.6 Å². The monoisotopic (exact) mass is 288 g/mol. The molecular formula is C16H17FN2O2. The molecule has 2 aromatic carbocycles. The number of aromatic hydroxyl groups is 1. The van der Waals surface area contributed by atoms with E-state index in [2.05, 4.69) is 5.32 Å². The number of likely N-dealkylation sites (N-methyl/N-ethyl adjacent to an activating group) is 1. The van der Waals surface area contributed by atoms with Gasteiger partial charge in [0.25, 0.3) is 0 Å². The van der Waals surface area contributed by atoms with Gasteiger partial charge in [0.2, 0.25) is 5.91 Å². The van der Waals surface area contributed by atoms with Crippen LogP contribution in [0.1, 0.15) is 5.56 Å². The largest absolute Gasteiger partial charge is 0.508 e. The lowest BCUT2D eigenvalue weighted by Gasteiger charge is -2.16. The van der Waals surface area contributed by atoms with Gasteiger partial charge >= 0.3 is 0 Å². The molecule has 4 nitrogen and oxygen atoms in total. The summed E-state index contributed by atoms with van der Waals surface area (Å²) >= 11 is 0. The van der Waals surface area contributed by atoms with Gasteiger partial charge in [0.05, 0.1) is 6.54 Å². The van der Waals surface area contributed by atoms with E-state index >= 15 is 0 Å². The summed E-state index contributed by atoms with van der Waals surface area (Å²) in [5.74, 6) is -0.326. The highest BCUT2D eigenvalue weighted by molar-refractivity contribution is 5.92. The van der Waals surface area contributed by atoms with Gasteiger partial charge in [-0.15, -0.1) is 0 Å². The van der Waals surface area contributed by atoms with E-state index < -0.39 is 0 Å². The number of nitrogens with one attached hydrogen (secondary N) is 1. The van der Waals surface area contributed by atoms with Crippen LogP contribution in [0.4, 0.5) is 10.1 Å². The number of carbonyl (C=O) groups is 1. The molecule has 110 valence electrons. The van der Waals surface area contributed by atoms with Gasteiger partial charge in [0, 0.05) is 17.8 Å². The summed E-state index contributed by atoms with van der Waals surface area (Å²) in [5.41, 5.74) is 1.16. The van der Waals surface area contributed by atoms with Crippen LogP contribution in [0.2, 0.25) is 0 Å². The zero-order valence-electron chi connectivity index (χ0n) is 11.7. The number of phenolic OH excluding ortho intramolecular Hbond substituents is 1. The summed E-state index contributed by atoms with van der Waals surface area (Å²) in [4.78, 5) is 13.6. The number of halogens is 1. The summed E-state index contributed by atoms with van der Waals surface area (Å²) in [7, 11) is 1.75. The lowest BCUT2D eigenvalue weighted by atomic mass is 10.2. The highest BCUT2D eigenvalue weighted by Crippen LogP contribution is 2.14. The summed E-state index contributed by atoms with van der Waals surface area (Å²) in [6.45, 7) is 0.505. The molecule has 21 heavy (non-hydrogen) atoms. The number of carbonyl (C=O) groups excluding carboxylic acids is 1. The van der Waals surface area contributed by atoms with Crippen LogP contribution in [0.25, 0.3) is 0 Å². The fourth-order valence-electron chi connectivity index (χ4n) is 1.96. The molecule has 2 N–H and O–H groups in total. The minimum atomic E-state index is -0.275.